The van der Waals surface area contributed by atoms with Gasteiger partial charge in [0, 0.05) is 32.8 Å². The predicted molar refractivity (Wildman–Crippen MR) is 356 cm³/mol. The number of aromatic nitrogens is 8. The van der Waals surface area contributed by atoms with Gasteiger partial charge < -0.3 is 20.2 Å². The highest BCUT2D eigenvalue weighted by Gasteiger charge is 2.55. The molecule has 92 heavy (non-hydrogen) atoms. The smallest absolute Gasteiger partial charge is 0.335 e. The molecule has 0 saturated heterocycles. The number of tetrazole rings is 2. The van der Waals surface area contributed by atoms with Crippen molar-refractivity contribution in [2.45, 2.75) is 197 Å². The van der Waals surface area contributed by atoms with Crippen LogP contribution < -0.4 is 9.66 Å². The molecular weight excluding hydrogens is 1280 g/mol. The maximum atomic E-state index is 14.5. The van der Waals surface area contributed by atoms with Crippen molar-refractivity contribution in [3.8, 4) is 0 Å². The molecule has 2 spiro atoms. The van der Waals surface area contributed by atoms with E-state index in [1.54, 1.807) is 36.4 Å². The number of nitrogens with zero attached hydrogens (tertiary/aromatic N) is 10. The van der Waals surface area contributed by atoms with Gasteiger partial charge in [-0.05, 0) is 182 Å². The van der Waals surface area contributed by atoms with Crippen LogP contribution in [0.15, 0.2) is 94.9 Å². The number of nitrogens with one attached hydrogen (secondary N) is 4. The Balaban J connectivity index is 0.000000212. The van der Waals surface area contributed by atoms with Crippen LogP contribution in [0.1, 0.15) is 227 Å². The molecule has 10 rings (SSSR count). The third-order valence-electron chi connectivity index (χ3n) is 18.3. The Bertz CT molecular complexity index is 3580. The molecule has 2 aliphatic heterocycles. The van der Waals surface area contributed by atoms with Crippen molar-refractivity contribution in [1.82, 2.24) is 60.7 Å². The lowest BCUT2D eigenvalue weighted by Gasteiger charge is -2.47. The summed E-state index contributed by atoms with van der Waals surface area (Å²) >= 11 is 15.3. The average molecular weight is 1370 g/mol. The number of carboxylic acids is 1. The molecule has 4 aliphatic rings. The van der Waals surface area contributed by atoms with Crippen molar-refractivity contribution in [3.63, 3.8) is 0 Å². The number of aliphatic imine (C=N–C) groups is 2. The minimum Gasteiger partial charge on any atom is -0.478 e. The van der Waals surface area contributed by atoms with Gasteiger partial charge in [0.2, 0.25) is 0 Å². The third-order valence-corrected chi connectivity index (χ3v) is 19.1. The van der Waals surface area contributed by atoms with Crippen LogP contribution in [0.25, 0.3) is 0 Å². The fourth-order valence-corrected chi connectivity index (χ4v) is 13.5. The number of carbonyl (C=O) groups is 4. The van der Waals surface area contributed by atoms with Crippen molar-refractivity contribution < 1.29 is 33.1 Å². The Morgan fingerprint density at radius 2 is 0.989 bits per heavy atom. The van der Waals surface area contributed by atoms with Crippen molar-refractivity contribution in [1.29, 1.82) is 0 Å². The van der Waals surface area contributed by atoms with Crippen LogP contribution in [0.3, 0.4) is 0 Å². The topological polar surface area (TPSA) is 253 Å². The molecule has 4 aromatic carbocycles. The fraction of sp³-hybridized carbons (Fsp3) is 0.529. The first-order chi connectivity index (χ1) is 43.2. The van der Waals surface area contributed by atoms with E-state index in [0.29, 0.717) is 64.6 Å². The van der Waals surface area contributed by atoms with E-state index in [1.165, 1.54) is 24.3 Å². The second-order valence-corrected chi connectivity index (χ2v) is 30.6. The van der Waals surface area contributed by atoms with E-state index in [4.69, 9.17) is 33.2 Å². The van der Waals surface area contributed by atoms with Gasteiger partial charge in [-0.15, -0.1) is 20.4 Å². The molecule has 3 amide bonds. The summed E-state index contributed by atoms with van der Waals surface area (Å²) in [4.78, 5) is 67.6. The Hall–Kier alpha value is -6.88. The van der Waals surface area contributed by atoms with Crippen LogP contribution >= 0.6 is 39.3 Å². The molecule has 24 heteroatoms. The first kappa shape index (κ1) is 71.0. The zero-order valence-electron chi connectivity index (χ0n) is 54.7. The Kier molecular flexibility index (Phi) is 22.5. The molecule has 6 aromatic rings. The number of benzene rings is 4. The van der Waals surface area contributed by atoms with Gasteiger partial charge in [0.15, 0.2) is 11.6 Å². The highest BCUT2D eigenvalue weighted by molar-refractivity contribution is 9.08. The molecule has 2 fully saturated rings. The lowest BCUT2D eigenvalue weighted by atomic mass is 9.69. The highest BCUT2D eigenvalue weighted by Crippen LogP contribution is 2.53. The van der Waals surface area contributed by atoms with Gasteiger partial charge in [0.05, 0.1) is 40.8 Å². The lowest BCUT2D eigenvalue weighted by Crippen LogP contribution is -2.51. The second-order valence-electron chi connectivity index (χ2n) is 29.2. The van der Waals surface area contributed by atoms with Gasteiger partial charge in [-0.3, -0.25) is 24.4 Å². The zero-order chi connectivity index (χ0) is 67.1. The highest BCUT2D eigenvalue weighted by atomic mass is 79.9. The summed E-state index contributed by atoms with van der Waals surface area (Å²) in [5.74, 6) is -0.618. The lowest BCUT2D eigenvalue weighted by molar-refractivity contribution is -0.134. The number of aromatic amines is 2. The van der Waals surface area contributed by atoms with Gasteiger partial charge in [-0.2, -0.15) is 10.4 Å². The number of carboxylic acid groups (broad SMARTS) is 1. The molecule has 0 unspecified atom stereocenters. The van der Waals surface area contributed by atoms with Crippen LogP contribution in [0, 0.1) is 45.1 Å². The third kappa shape index (κ3) is 17.5. The standard InChI is InChI=1S/C34H43ClFN7O2.C32H40ClFN2O3.C2H4BrN5/c1-32(2,3)16-15-27(21-7-9-22(10-8-21)30(44)37-20-28-39-41-42-40-28)43-31(45)29(23-11-12-26(36)25(35)19-23)38-34(43)17-13-24(14-18-34)33(4,5)6;1-30(2,3)16-15-26(20-7-9-21(10-8-20)29(38)39)36-28(37)27(22-11-12-25(34)24(33)19-22)35-32(36)17-13-23(14-18-32)31(4,5)6;3-4-1-2-5-7-8-6-2/h7-12,19,24,27H,13-18,20H2,1-6H3,(H,37,44)(H,39,40,41,42);7-12,19,23,26H,13-18H2,1-6H3,(H,38,39);4H,1H2,(H,5,6,7,8)/t24?,27-,34?;23?,26-,32?;/m11./s1. The van der Waals surface area contributed by atoms with E-state index in [0.717, 1.165) is 81.8 Å². The van der Waals surface area contributed by atoms with Gasteiger partial charge in [-0.25, -0.2) is 17.9 Å². The van der Waals surface area contributed by atoms with Gasteiger partial charge in [-0.1, -0.05) is 141 Å². The number of amides is 3. The summed E-state index contributed by atoms with van der Waals surface area (Å²) < 4.78 is 30.8. The van der Waals surface area contributed by atoms with Crippen molar-refractivity contribution in [2.24, 2.45) is 43.5 Å². The van der Waals surface area contributed by atoms with Crippen molar-refractivity contribution in [2.75, 3.05) is 0 Å². The van der Waals surface area contributed by atoms with Gasteiger partial charge in [0.1, 0.15) is 34.4 Å². The summed E-state index contributed by atoms with van der Waals surface area (Å²) in [7, 11) is 0. The second kappa shape index (κ2) is 29.2. The minimum atomic E-state index is -0.985. The monoisotopic (exact) mass is 1370 g/mol. The van der Waals surface area contributed by atoms with Crippen LogP contribution in [0.4, 0.5) is 8.78 Å². The largest absolute Gasteiger partial charge is 0.478 e. The number of halogens is 5. The van der Waals surface area contributed by atoms with E-state index in [-0.39, 0.29) is 73.6 Å². The van der Waals surface area contributed by atoms with E-state index in [2.05, 4.69) is 150 Å². The molecular formula is C68H87BrCl2F2N14O5. The molecule has 5 N–H and O–H groups in total. The van der Waals surface area contributed by atoms with E-state index in [9.17, 15) is 33.1 Å². The van der Waals surface area contributed by atoms with E-state index in [1.807, 2.05) is 34.1 Å². The summed E-state index contributed by atoms with van der Waals surface area (Å²) in [6, 6.07) is 22.4. The van der Waals surface area contributed by atoms with Crippen molar-refractivity contribution in [3.05, 3.63) is 152 Å². The van der Waals surface area contributed by atoms with Crippen LogP contribution in [0.5, 0.6) is 0 Å². The number of rotatable bonds is 16. The van der Waals surface area contributed by atoms with Crippen LogP contribution in [-0.2, 0) is 22.7 Å². The van der Waals surface area contributed by atoms with Crippen LogP contribution in [0.2, 0.25) is 10.0 Å². The molecule has 2 aromatic heterocycles. The van der Waals surface area contributed by atoms with Crippen molar-refractivity contribution >= 4 is 74.5 Å². The predicted octanol–water partition coefficient (Wildman–Crippen LogP) is 15.0. The maximum absolute atomic E-state index is 14.5. The molecule has 2 saturated carbocycles. The minimum absolute atomic E-state index is 0.0290. The summed E-state index contributed by atoms with van der Waals surface area (Å²) in [5, 5.41) is 38.8. The first-order valence-electron chi connectivity index (χ1n) is 31.5. The maximum Gasteiger partial charge on any atom is 0.335 e. The number of carbonyl (C=O) groups excluding carboxylic acids is 3. The number of aromatic carboxylic acids is 1. The van der Waals surface area contributed by atoms with Gasteiger partial charge >= 0.3 is 5.97 Å². The zero-order valence-corrected chi connectivity index (χ0v) is 57.8. The van der Waals surface area contributed by atoms with E-state index < -0.39 is 28.9 Å². The number of H-pyrrole nitrogens is 2. The fourth-order valence-electron chi connectivity index (χ4n) is 12.9. The Morgan fingerprint density at radius 1 is 0.609 bits per heavy atom. The molecule has 4 heterocycles. The molecule has 19 nitrogen and oxygen atoms in total. The Morgan fingerprint density at radius 3 is 1.32 bits per heavy atom. The summed E-state index contributed by atoms with van der Waals surface area (Å²) in [6.07, 6.45) is 9.87. The molecule has 2 aliphatic carbocycles. The number of hydrogen-bond acceptors (Lipinski definition) is 13. The molecule has 494 valence electrons. The van der Waals surface area contributed by atoms with Gasteiger partial charge in [0.25, 0.3) is 17.7 Å². The average Bonchev–Trinajstić information content (AvgIpc) is 1.58. The SMILES string of the molecule is BrNCc1nn[nH]n1.CC(C)(C)CC[C@H](c1ccc(C(=O)NCc2nn[nH]n2)cc1)N1C(=O)C(c2ccc(F)c(Cl)c2)=NC12CCC(C(C)(C)C)CC2.CC(C)(C)CC[C@H](c1ccc(C(=O)O)cc1)N1C(=O)C(c2ccc(F)c(Cl)c2)=NC12CCC(C(C)(C)C)CC2. The molecule has 2 atom stereocenters. The molecule has 0 bridgehead atoms. The summed E-state index contributed by atoms with van der Waals surface area (Å²) in [5.41, 5.74) is 3.13. The van der Waals surface area contributed by atoms with E-state index >= 15 is 0 Å². The Labute approximate surface area is 556 Å². The normalized spacial score (nSPS) is 20.9. The number of hydrogen-bond donors (Lipinski definition) is 5. The summed E-state index contributed by atoms with van der Waals surface area (Å²) in [6.45, 7) is 27.4. The quantitative estimate of drug-likeness (QED) is 0.0567. The van der Waals surface area contributed by atoms with Crippen LogP contribution in [-0.4, -0.2) is 103 Å². The first-order valence-corrected chi connectivity index (χ1v) is 33.0. The molecule has 0 radical (unpaired) electrons.